The van der Waals surface area contributed by atoms with E-state index in [0.29, 0.717) is 11.8 Å². The van der Waals surface area contributed by atoms with Crippen molar-refractivity contribution in [1.82, 2.24) is 9.80 Å². The van der Waals surface area contributed by atoms with E-state index in [1.54, 1.807) is 0 Å². The van der Waals surface area contributed by atoms with Crippen molar-refractivity contribution in [3.05, 3.63) is 0 Å². The maximum Gasteiger partial charge on any atom is 0.222 e. The van der Waals surface area contributed by atoms with Crippen LogP contribution in [0.5, 0.6) is 0 Å². The maximum atomic E-state index is 12.6. The normalized spacial score (nSPS) is 29.0. The van der Waals surface area contributed by atoms with Crippen LogP contribution in [0, 0.1) is 11.8 Å². The minimum absolute atomic E-state index is 0.452. The molecule has 1 atom stereocenters. The molecule has 0 aromatic rings. The van der Waals surface area contributed by atoms with E-state index in [1.165, 1.54) is 77.4 Å². The largest absolute Gasteiger partial charge is 0.342 e. The zero-order chi connectivity index (χ0) is 14.5. The van der Waals surface area contributed by atoms with Gasteiger partial charge in [0, 0.05) is 26.1 Å². The van der Waals surface area contributed by atoms with Crippen molar-refractivity contribution in [3.63, 3.8) is 0 Å². The molecule has 0 aromatic heterocycles. The second-order valence-electron chi connectivity index (χ2n) is 7.56. The molecule has 0 N–H and O–H groups in total. The lowest BCUT2D eigenvalue weighted by Gasteiger charge is -2.35. The minimum Gasteiger partial charge on any atom is -0.342 e. The second-order valence-corrected chi connectivity index (χ2v) is 7.56. The van der Waals surface area contributed by atoms with Crippen LogP contribution >= 0.6 is 0 Å². The lowest BCUT2D eigenvalue weighted by molar-refractivity contribution is -0.134. The van der Waals surface area contributed by atoms with Crippen LogP contribution in [0.1, 0.15) is 64.2 Å². The van der Waals surface area contributed by atoms with Gasteiger partial charge in [0.1, 0.15) is 0 Å². The number of hydrogen-bond donors (Lipinski definition) is 0. The Balaban J connectivity index is 1.44. The van der Waals surface area contributed by atoms with Gasteiger partial charge in [-0.3, -0.25) is 4.79 Å². The van der Waals surface area contributed by atoms with Crippen molar-refractivity contribution in [2.24, 2.45) is 11.8 Å². The van der Waals surface area contributed by atoms with Gasteiger partial charge in [-0.05, 0) is 63.5 Å². The Bertz CT molecular complexity index is 332. The van der Waals surface area contributed by atoms with E-state index in [2.05, 4.69) is 9.80 Å². The summed E-state index contributed by atoms with van der Waals surface area (Å²) < 4.78 is 0. The van der Waals surface area contributed by atoms with Crippen LogP contribution in [0.15, 0.2) is 0 Å². The number of piperidine rings is 1. The fraction of sp³-hybridized carbons (Fsp3) is 0.944. The van der Waals surface area contributed by atoms with Crippen LogP contribution in [0.4, 0.5) is 0 Å². The molecule has 0 bridgehead atoms. The van der Waals surface area contributed by atoms with Crippen molar-refractivity contribution >= 4 is 5.91 Å². The number of carbonyl (C=O) groups excluding carboxylic acids is 1. The first-order valence-electron chi connectivity index (χ1n) is 9.31. The molecule has 1 unspecified atom stereocenters. The summed E-state index contributed by atoms with van der Waals surface area (Å²) in [4.78, 5) is 17.4. The Kier molecular flexibility index (Phi) is 5.56. The van der Waals surface area contributed by atoms with Crippen LogP contribution in [0.3, 0.4) is 0 Å². The monoisotopic (exact) mass is 292 g/mol. The van der Waals surface area contributed by atoms with Crippen molar-refractivity contribution < 1.29 is 4.79 Å². The Morgan fingerprint density at radius 2 is 1.52 bits per heavy atom. The van der Waals surface area contributed by atoms with Gasteiger partial charge in [-0.25, -0.2) is 0 Å². The molecule has 1 amide bonds. The third kappa shape index (κ3) is 4.45. The molecular formula is C18H32N2O. The Morgan fingerprint density at radius 1 is 0.810 bits per heavy atom. The molecule has 1 saturated carbocycles. The van der Waals surface area contributed by atoms with Crippen molar-refractivity contribution in [3.8, 4) is 0 Å². The zero-order valence-corrected chi connectivity index (χ0v) is 13.6. The smallest absolute Gasteiger partial charge is 0.222 e. The molecule has 3 nitrogen and oxygen atoms in total. The molecule has 0 spiro atoms. The molecule has 3 fully saturated rings. The Morgan fingerprint density at radius 3 is 2.29 bits per heavy atom. The Labute approximate surface area is 130 Å². The molecule has 3 rings (SSSR count). The van der Waals surface area contributed by atoms with Crippen molar-refractivity contribution in [2.75, 3.05) is 32.7 Å². The van der Waals surface area contributed by atoms with Gasteiger partial charge in [0.2, 0.25) is 5.91 Å². The van der Waals surface area contributed by atoms with Gasteiger partial charge in [-0.2, -0.15) is 0 Å². The molecule has 2 saturated heterocycles. The number of carbonyl (C=O) groups is 1. The first kappa shape index (κ1) is 15.3. The van der Waals surface area contributed by atoms with E-state index in [4.69, 9.17) is 0 Å². The zero-order valence-electron chi connectivity index (χ0n) is 13.6. The predicted molar refractivity (Wildman–Crippen MR) is 86.2 cm³/mol. The topological polar surface area (TPSA) is 23.6 Å². The van der Waals surface area contributed by atoms with E-state index in [1.807, 2.05) is 0 Å². The maximum absolute atomic E-state index is 12.6. The number of likely N-dealkylation sites (tertiary alicyclic amines) is 2. The molecule has 3 aliphatic rings. The highest BCUT2D eigenvalue weighted by molar-refractivity contribution is 5.76. The molecule has 3 heteroatoms. The van der Waals surface area contributed by atoms with Crippen LogP contribution in [-0.4, -0.2) is 48.4 Å². The SMILES string of the molecule is O=C(CC1CCCCC1)N1CCCC(CN2CCCC2)C1. The van der Waals surface area contributed by atoms with Crippen LogP contribution < -0.4 is 0 Å². The molecule has 1 aliphatic carbocycles. The van der Waals surface area contributed by atoms with Gasteiger partial charge in [0.15, 0.2) is 0 Å². The lowest BCUT2D eigenvalue weighted by Crippen LogP contribution is -2.43. The van der Waals surface area contributed by atoms with Gasteiger partial charge in [-0.15, -0.1) is 0 Å². The summed E-state index contributed by atoms with van der Waals surface area (Å²) in [6, 6.07) is 0. The average molecular weight is 292 g/mol. The molecule has 0 aromatic carbocycles. The fourth-order valence-corrected chi connectivity index (χ4v) is 4.54. The minimum atomic E-state index is 0.452. The number of nitrogens with zero attached hydrogens (tertiary/aromatic N) is 2. The molecule has 2 heterocycles. The van der Waals surface area contributed by atoms with Crippen LogP contribution in [0.2, 0.25) is 0 Å². The van der Waals surface area contributed by atoms with E-state index < -0.39 is 0 Å². The predicted octanol–water partition coefficient (Wildman–Crippen LogP) is 3.29. The molecule has 2 aliphatic heterocycles. The summed E-state index contributed by atoms with van der Waals surface area (Å²) >= 11 is 0. The lowest BCUT2D eigenvalue weighted by atomic mass is 9.86. The van der Waals surface area contributed by atoms with Gasteiger partial charge in [0.25, 0.3) is 0 Å². The van der Waals surface area contributed by atoms with E-state index in [-0.39, 0.29) is 0 Å². The summed E-state index contributed by atoms with van der Waals surface area (Å²) in [6.07, 6.45) is 12.8. The summed E-state index contributed by atoms with van der Waals surface area (Å²) in [5, 5.41) is 0. The first-order valence-corrected chi connectivity index (χ1v) is 9.31. The highest BCUT2D eigenvalue weighted by atomic mass is 16.2. The van der Waals surface area contributed by atoms with Gasteiger partial charge < -0.3 is 9.80 Å². The first-order chi connectivity index (χ1) is 10.3. The van der Waals surface area contributed by atoms with E-state index in [0.717, 1.165) is 25.4 Å². The third-order valence-electron chi connectivity index (χ3n) is 5.77. The summed E-state index contributed by atoms with van der Waals surface area (Å²) in [6.45, 7) is 5.84. The number of hydrogen-bond acceptors (Lipinski definition) is 2. The summed E-state index contributed by atoms with van der Waals surface area (Å²) in [5.41, 5.74) is 0. The summed E-state index contributed by atoms with van der Waals surface area (Å²) in [5.74, 6) is 1.87. The molecule has 0 radical (unpaired) electrons. The number of rotatable bonds is 4. The molecular weight excluding hydrogens is 260 g/mol. The van der Waals surface area contributed by atoms with Gasteiger partial charge in [0.05, 0.1) is 0 Å². The van der Waals surface area contributed by atoms with Crippen LogP contribution in [-0.2, 0) is 4.79 Å². The highest BCUT2D eigenvalue weighted by Gasteiger charge is 2.27. The number of amides is 1. The molecule has 120 valence electrons. The Hall–Kier alpha value is -0.570. The van der Waals surface area contributed by atoms with Crippen molar-refractivity contribution in [1.29, 1.82) is 0 Å². The van der Waals surface area contributed by atoms with E-state index in [9.17, 15) is 4.79 Å². The standard InChI is InChI=1S/C18H32N2O/c21-18(13-16-7-2-1-3-8-16)20-12-6-9-17(15-20)14-19-10-4-5-11-19/h16-17H,1-15H2. The third-order valence-corrected chi connectivity index (χ3v) is 5.77. The van der Waals surface area contributed by atoms with Crippen molar-refractivity contribution in [2.45, 2.75) is 64.2 Å². The summed E-state index contributed by atoms with van der Waals surface area (Å²) in [7, 11) is 0. The average Bonchev–Trinajstić information content (AvgIpc) is 3.01. The van der Waals surface area contributed by atoms with Gasteiger partial charge >= 0.3 is 0 Å². The fourth-order valence-electron chi connectivity index (χ4n) is 4.54. The quantitative estimate of drug-likeness (QED) is 0.794. The van der Waals surface area contributed by atoms with Gasteiger partial charge in [-0.1, -0.05) is 19.3 Å². The molecule has 21 heavy (non-hydrogen) atoms. The van der Waals surface area contributed by atoms with E-state index >= 15 is 0 Å². The second kappa shape index (κ2) is 7.62. The highest BCUT2D eigenvalue weighted by Crippen LogP contribution is 2.28. The van der Waals surface area contributed by atoms with Crippen LogP contribution in [0.25, 0.3) is 0 Å².